The van der Waals surface area contributed by atoms with Crippen LogP contribution in [0.15, 0.2) is 43.1 Å². The predicted octanol–water partition coefficient (Wildman–Crippen LogP) is 5.96. The van der Waals surface area contributed by atoms with Crippen LogP contribution in [0.4, 0.5) is 5.95 Å². The van der Waals surface area contributed by atoms with Crippen molar-refractivity contribution in [3.63, 3.8) is 0 Å². The molecule has 0 radical (unpaired) electrons. The van der Waals surface area contributed by atoms with Gasteiger partial charge in [-0.05, 0) is 100 Å². The van der Waals surface area contributed by atoms with E-state index in [1.807, 2.05) is 34.4 Å². The van der Waals surface area contributed by atoms with E-state index in [0.29, 0.717) is 41.6 Å². The molecular formula is C33H41ClN6O3. The lowest BCUT2D eigenvalue weighted by Gasteiger charge is -2.34. The molecule has 10 heteroatoms. The number of anilines is 1. The minimum Gasteiger partial charge on any atom is -0.343 e. The van der Waals surface area contributed by atoms with Crippen molar-refractivity contribution in [2.24, 2.45) is 5.92 Å². The van der Waals surface area contributed by atoms with Gasteiger partial charge >= 0.3 is 0 Å². The van der Waals surface area contributed by atoms with Crippen LogP contribution in [0.25, 0.3) is 11.0 Å². The number of likely N-dealkylation sites (tertiary alicyclic amines) is 1. The highest BCUT2D eigenvalue weighted by atomic mass is 35.5. The lowest BCUT2D eigenvalue weighted by molar-refractivity contribution is -0.130. The molecule has 0 spiro atoms. The second-order valence-electron chi connectivity index (χ2n) is 12.0. The van der Waals surface area contributed by atoms with Gasteiger partial charge in [0.25, 0.3) is 5.91 Å². The monoisotopic (exact) mass is 604 g/mol. The lowest BCUT2D eigenvalue weighted by atomic mass is 9.82. The second-order valence-corrected chi connectivity index (χ2v) is 12.4. The van der Waals surface area contributed by atoms with Gasteiger partial charge < -0.3 is 14.4 Å². The van der Waals surface area contributed by atoms with Crippen molar-refractivity contribution in [1.82, 2.24) is 24.3 Å². The Labute approximate surface area is 258 Å². The number of benzene rings is 1. The van der Waals surface area contributed by atoms with Crippen molar-refractivity contribution in [3.8, 4) is 0 Å². The minimum atomic E-state index is -0.279. The van der Waals surface area contributed by atoms with Gasteiger partial charge in [-0.25, -0.2) is 4.98 Å². The molecule has 2 fully saturated rings. The smallest absolute Gasteiger partial charge is 0.258 e. The maximum Gasteiger partial charge on any atom is 0.258 e. The van der Waals surface area contributed by atoms with Crippen molar-refractivity contribution in [1.29, 1.82) is 0 Å². The topological polar surface area (TPSA) is 100 Å². The number of aryl methyl sites for hydroxylation is 1. The van der Waals surface area contributed by atoms with Crippen LogP contribution in [-0.2, 0) is 16.0 Å². The van der Waals surface area contributed by atoms with Gasteiger partial charge in [0.1, 0.15) is 0 Å². The van der Waals surface area contributed by atoms with E-state index in [1.165, 1.54) is 6.08 Å². The van der Waals surface area contributed by atoms with Crippen molar-refractivity contribution in [3.05, 3.63) is 65.0 Å². The van der Waals surface area contributed by atoms with Crippen LogP contribution in [0, 0.1) is 12.8 Å². The summed E-state index contributed by atoms with van der Waals surface area (Å²) < 4.78 is 2.02. The van der Waals surface area contributed by atoms with Crippen LogP contribution >= 0.6 is 11.6 Å². The SMILES string of the molecule is C=CC(=O)N1CCCC[C@@H](n2c(NC(=O)c3ccnc(C)c3)nc3cc(C[C@H]4CC[C@H](N(C)C(C)=O)CC4)cc(Cl)c32)C1. The zero-order chi connectivity index (χ0) is 30.7. The molecule has 1 aliphatic heterocycles. The highest BCUT2D eigenvalue weighted by Gasteiger charge is 2.29. The summed E-state index contributed by atoms with van der Waals surface area (Å²) in [6.07, 6.45) is 10.6. The average molecular weight is 605 g/mol. The summed E-state index contributed by atoms with van der Waals surface area (Å²) in [5, 5.41) is 3.62. The molecule has 3 amide bonds. The number of nitrogens with one attached hydrogen (secondary N) is 1. The molecule has 0 bridgehead atoms. The number of nitrogens with zero attached hydrogens (tertiary/aromatic N) is 5. The molecule has 1 N–H and O–H groups in total. The minimum absolute atomic E-state index is 0.105. The molecule has 1 aliphatic carbocycles. The van der Waals surface area contributed by atoms with Crippen LogP contribution in [0.3, 0.4) is 0 Å². The molecule has 2 aliphatic rings. The lowest BCUT2D eigenvalue weighted by Crippen LogP contribution is -2.38. The second kappa shape index (κ2) is 13.3. The Morgan fingerprint density at radius 3 is 2.60 bits per heavy atom. The molecule has 228 valence electrons. The third kappa shape index (κ3) is 6.93. The van der Waals surface area contributed by atoms with E-state index in [1.54, 1.807) is 25.3 Å². The highest BCUT2D eigenvalue weighted by molar-refractivity contribution is 6.35. The van der Waals surface area contributed by atoms with E-state index < -0.39 is 0 Å². The number of fused-ring (bicyclic) bond motifs is 1. The van der Waals surface area contributed by atoms with Gasteiger partial charge in [-0.3, -0.25) is 24.7 Å². The Morgan fingerprint density at radius 2 is 1.91 bits per heavy atom. The zero-order valence-corrected chi connectivity index (χ0v) is 26.1. The first-order valence-electron chi connectivity index (χ1n) is 15.2. The van der Waals surface area contributed by atoms with Gasteiger partial charge in [0.2, 0.25) is 17.8 Å². The van der Waals surface area contributed by atoms with E-state index in [-0.39, 0.29) is 23.8 Å². The molecule has 1 atom stereocenters. The molecule has 3 heterocycles. The summed E-state index contributed by atoms with van der Waals surface area (Å²) in [6.45, 7) is 8.29. The Kier molecular flexibility index (Phi) is 9.49. The number of pyridine rings is 1. The molecule has 1 aromatic carbocycles. The van der Waals surface area contributed by atoms with Crippen LogP contribution in [0.5, 0.6) is 0 Å². The maximum absolute atomic E-state index is 13.4. The fourth-order valence-corrected chi connectivity index (χ4v) is 6.97. The fraction of sp³-hybridized carbons (Fsp3) is 0.485. The van der Waals surface area contributed by atoms with Crippen molar-refractivity contribution in [2.75, 3.05) is 25.5 Å². The standard InChI is InChI=1S/C33H41ClN6O3/c1-5-30(42)39-15-7-6-8-27(20-39)40-31-28(34)18-24(17-23-9-11-26(12-10-23)38(4)22(3)41)19-29(31)36-33(40)37-32(43)25-13-14-35-21(2)16-25/h5,13-14,16,18-19,23,26-27H,1,6-12,15,17,20H2,2-4H3,(H,36,37,43)/t23-,26-,27-/m1/s1. The van der Waals surface area contributed by atoms with Gasteiger partial charge in [0.15, 0.2) is 0 Å². The average Bonchev–Trinajstić information content (AvgIpc) is 3.17. The van der Waals surface area contributed by atoms with Gasteiger partial charge in [-0.1, -0.05) is 18.2 Å². The van der Waals surface area contributed by atoms with Crippen LogP contribution in [0.1, 0.15) is 79.5 Å². The summed E-state index contributed by atoms with van der Waals surface area (Å²) in [7, 11) is 1.89. The largest absolute Gasteiger partial charge is 0.343 e. The van der Waals surface area contributed by atoms with Gasteiger partial charge in [0.05, 0.1) is 22.1 Å². The van der Waals surface area contributed by atoms with Crippen LogP contribution in [-0.4, -0.2) is 68.2 Å². The summed E-state index contributed by atoms with van der Waals surface area (Å²) in [6, 6.07) is 7.71. The molecule has 2 aromatic heterocycles. The Hall–Kier alpha value is -3.72. The van der Waals surface area contributed by atoms with E-state index >= 15 is 0 Å². The molecular weight excluding hydrogens is 564 g/mol. The van der Waals surface area contributed by atoms with Gasteiger partial charge in [-0.2, -0.15) is 0 Å². The first-order valence-corrected chi connectivity index (χ1v) is 15.6. The highest BCUT2D eigenvalue weighted by Crippen LogP contribution is 2.37. The van der Waals surface area contributed by atoms with E-state index in [9.17, 15) is 14.4 Å². The Balaban J connectivity index is 1.47. The van der Waals surface area contributed by atoms with Crippen LogP contribution in [0.2, 0.25) is 5.02 Å². The van der Waals surface area contributed by atoms with E-state index in [2.05, 4.69) is 22.9 Å². The van der Waals surface area contributed by atoms with Crippen molar-refractivity contribution >= 4 is 46.3 Å². The molecule has 3 aromatic rings. The molecule has 9 nitrogen and oxygen atoms in total. The van der Waals surface area contributed by atoms with Crippen molar-refractivity contribution in [2.45, 2.75) is 77.3 Å². The third-order valence-electron chi connectivity index (χ3n) is 9.07. The summed E-state index contributed by atoms with van der Waals surface area (Å²) in [5.74, 6) is 0.648. The first-order chi connectivity index (χ1) is 20.6. The van der Waals surface area contributed by atoms with Gasteiger partial charge in [0, 0.05) is 50.6 Å². The Bertz CT molecular complexity index is 1530. The number of hydrogen-bond donors (Lipinski definition) is 1. The molecule has 1 saturated carbocycles. The normalized spacial score (nSPS) is 20.8. The van der Waals surface area contributed by atoms with E-state index in [4.69, 9.17) is 16.6 Å². The summed E-state index contributed by atoms with van der Waals surface area (Å²) >= 11 is 7.04. The molecule has 0 unspecified atom stereocenters. The summed E-state index contributed by atoms with van der Waals surface area (Å²) in [4.78, 5) is 50.6. The van der Waals surface area contributed by atoms with Crippen LogP contribution < -0.4 is 5.32 Å². The maximum atomic E-state index is 13.4. The molecule has 5 rings (SSSR count). The first kappa shape index (κ1) is 30.7. The molecule has 1 saturated heterocycles. The number of halogens is 1. The number of rotatable bonds is 7. The van der Waals surface area contributed by atoms with E-state index in [0.717, 1.165) is 73.7 Å². The third-order valence-corrected chi connectivity index (χ3v) is 9.35. The number of amides is 3. The number of hydrogen-bond acceptors (Lipinski definition) is 5. The number of imidazole rings is 1. The number of carbonyl (C=O) groups excluding carboxylic acids is 3. The number of carbonyl (C=O) groups is 3. The molecule has 43 heavy (non-hydrogen) atoms. The predicted molar refractivity (Wildman–Crippen MR) is 169 cm³/mol. The Morgan fingerprint density at radius 1 is 1.14 bits per heavy atom. The van der Waals surface area contributed by atoms with Gasteiger partial charge in [-0.15, -0.1) is 0 Å². The number of aromatic nitrogens is 3. The zero-order valence-electron chi connectivity index (χ0n) is 25.3. The van der Waals surface area contributed by atoms with Crippen molar-refractivity contribution < 1.29 is 14.4 Å². The fourth-order valence-electron chi connectivity index (χ4n) is 6.65. The summed E-state index contributed by atoms with van der Waals surface area (Å²) in [5.41, 5.74) is 3.83. The quantitative estimate of drug-likeness (QED) is 0.335.